The molecule has 0 atom stereocenters. The van der Waals surface area contributed by atoms with E-state index in [1.807, 2.05) is 24.0 Å². The molecular formula is C14H16FN3. The molecule has 0 bridgehead atoms. The summed E-state index contributed by atoms with van der Waals surface area (Å²) in [5.41, 5.74) is 7.69. The third-order valence-corrected chi connectivity index (χ3v) is 2.78. The molecule has 4 heteroatoms. The molecular weight excluding hydrogens is 229 g/mol. The van der Waals surface area contributed by atoms with E-state index >= 15 is 0 Å². The van der Waals surface area contributed by atoms with Gasteiger partial charge in [0.1, 0.15) is 5.82 Å². The summed E-state index contributed by atoms with van der Waals surface area (Å²) in [7, 11) is 0. The van der Waals surface area contributed by atoms with Crippen LogP contribution in [-0.4, -0.2) is 11.5 Å². The summed E-state index contributed by atoms with van der Waals surface area (Å²) in [6.45, 7) is 3.27. The second kappa shape index (κ2) is 5.49. The number of hydrogen-bond acceptors (Lipinski definition) is 3. The zero-order valence-electron chi connectivity index (χ0n) is 10.3. The Kier molecular flexibility index (Phi) is 3.77. The number of halogens is 1. The minimum atomic E-state index is -0.213. The van der Waals surface area contributed by atoms with E-state index in [0.717, 1.165) is 5.69 Å². The predicted octanol–water partition coefficient (Wildman–Crippen LogP) is 2.83. The van der Waals surface area contributed by atoms with Gasteiger partial charge in [0.15, 0.2) is 0 Å². The molecule has 0 radical (unpaired) electrons. The number of hydrogen-bond donors (Lipinski definition) is 1. The molecule has 3 nitrogen and oxygen atoms in total. The molecule has 0 aliphatic heterocycles. The highest BCUT2D eigenvalue weighted by molar-refractivity contribution is 5.48. The van der Waals surface area contributed by atoms with Crippen LogP contribution in [0.3, 0.4) is 0 Å². The summed E-state index contributed by atoms with van der Waals surface area (Å²) in [6.07, 6.45) is 1.62. The Hall–Kier alpha value is -2.10. The van der Waals surface area contributed by atoms with E-state index in [4.69, 9.17) is 5.73 Å². The average molecular weight is 245 g/mol. The second-order valence-electron chi connectivity index (χ2n) is 4.05. The van der Waals surface area contributed by atoms with Gasteiger partial charge in [-0.15, -0.1) is 0 Å². The molecule has 0 fully saturated rings. The highest BCUT2D eigenvalue weighted by Crippen LogP contribution is 2.20. The molecule has 2 aromatic rings. The lowest BCUT2D eigenvalue weighted by Crippen LogP contribution is -2.23. The van der Waals surface area contributed by atoms with Gasteiger partial charge < -0.3 is 10.6 Å². The van der Waals surface area contributed by atoms with Crippen LogP contribution >= 0.6 is 0 Å². The maximum absolute atomic E-state index is 13.7. The molecule has 18 heavy (non-hydrogen) atoms. The first-order valence-electron chi connectivity index (χ1n) is 5.90. The van der Waals surface area contributed by atoms with Crippen LogP contribution in [0.2, 0.25) is 0 Å². The number of aromatic nitrogens is 1. The van der Waals surface area contributed by atoms with Gasteiger partial charge in [-0.1, -0.05) is 12.1 Å². The molecule has 1 aromatic heterocycles. The van der Waals surface area contributed by atoms with Crippen molar-refractivity contribution in [3.05, 3.63) is 54.1 Å². The minimum absolute atomic E-state index is 0.213. The van der Waals surface area contributed by atoms with E-state index in [0.29, 0.717) is 24.5 Å². The zero-order chi connectivity index (χ0) is 13.0. The number of benzene rings is 1. The van der Waals surface area contributed by atoms with Gasteiger partial charge in [-0.05, 0) is 31.2 Å². The summed E-state index contributed by atoms with van der Waals surface area (Å²) in [6, 6.07) is 10.4. The first-order valence-corrected chi connectivity index (χ1v) is 5.90. The van der Waals surface area contributed by atoms with Gasteiger partial charge in [0, 0.05) is 6.54 Å². The van der Waals surface area contributed by atoms with Crippen LogP contribution in [0.5, 0.6) is 0 Å². The summed E-state index contributed by atoms with van der Waals surface area (Å²) in [5.74, 6) is -0.213. The Morgan fingerprint density at radius 3 is 2.61 bits per heavy atom. The molecule has 94 valence electrons. The van der Waals surface area contributed by atoms with Gasteiger partial charge in [-0.25, -0.2) is 4.39 Å². The topological polar surface area (TPSA) is 42.1 Å². The maximum Gasteiger partial charge on any atom is 0.146 e. The SMILES string of the molecule is CCN(Cc1ccc(N)cn1)c1ccccc1F. The number of para-hydroxylation sites is 1. The lowest BCUT2D eigenvalue weighted by molar-refractivity contribution is 0.617. The summed E-state index contributed by atoms with van der Waals surface area (Å²) < 4.78 is 13.7. The molecule has 2 N–H and O–H groups in total. The van der Waals surface area contributed by atoms with E-state index in [1.165, 1.54) is 6.07 Å². The molecule has 0 aliphatic carbocycles. The van der Waals surface area contributed by atoms with Gasteiger partial charge in [-0.2, -0.15) is 0 Å². The van der Waals surface area contributed by atoms with Crippen LogP contribution in [-0.2, 0) is 6.54 Å². The van der Waals surface area contributed by atoms with E-state index in [2.05, 4.69) is 4.98 Å². The van der Waals surface area contributed by atoms with Crippen LogP contribution in [0.1, 0.15) is 12.6 Å². The monoisotopic (exact) mass is 245 g/mol. The largest absolute Gasteiger partial charge is 0.397 e. The Balaban J connectivity index is 2.20. The Morgan fingerprint density at radius 2 is 2.00 bits per heavy atom. The van der Waals surface area contributed by atoms with Crippen LogP contribution in [0, 0.1) is 5.82 Å². The fraction of sp³-hybridized carbons (Fsp3) is 0.214. The van der Waals surface area contributed by atoms with Gasteiger partial charge in [0.05, 0.1) is 29.8 Å². The van der Waals surface area contributed by atoms with Crippen molar-refractivity contribution in [1.29, 1.82) is 0 Å². The van der Waals surface area contributed by atoms with Crippen LogP contribution < -0.4 is 10.6 Å². The Morgan fingerprint density at radius 1 is 1.22 bits per heavy atom. The van der Waals surface area contributed by atoms with Crippen molar-refractivity contribution in [2.24, 2.45) is 0 Å². The van der Waals surface area contributed by atoms with Crippen LogP contribution in [0.4, 0.5) is 15.8 Å². The molecule has 0 aliphatic rings. The van der Waals surface area contributed by atoms with Crippen molar-refractivity contribution < 1.29 is 4.39 Å². The third kappa shape index (κ3) is 2.77. The van der Waals surface area contributed by atoms with Crippen LogP contribution in [0.15, 0.2) is 42.6 Å². The van der Waals surface area contributed by atoms with Crippen molar-refractivity contribution in [1.82, 2.24) is 4.98 Å². The van der Waals surface area contributed by atoms with Gasteiger partial charge in [0.2, 0.25) is 0 Å². The fourth-order valence-electron chi connectivity index (χ4n) is 1.80. The smallest absolute Gasteiger partial charge is 0.146 e. The van der Waals surface area contributed by atoms with Crippen molar-refractivity contribution in [2.45, 2.75) is 13.5 Å². The molecule has 1 heterocycles. The number of anilines is 2. The number of nitrogens with zero attached hydrogens (tertiary/aromatic N) is 2. The van der Waals surface area contributed by atoms with E-state index in [9.17, 15) is 4.39 Å². The Bertz CT molecular complexity index is 511. The predicted molar refractivity (Wildman–Crippen MR) is 71.8 cm³/mol. The maximum atomic E-state index is 13.7. The van der Waals surface area contributed by atoms with Gasteiger partial charge >= 0.3 is 0 Å². The summed E-state index contributed by atoms with van der Waals surface area (Å²) in [5, 5.41) is 0. The van der Waals surface area contributed by atoms with Crippen molar-refractivity contribution in [2.75, 3.05) is 17.2 Å². The number of nitrogens with two attached hydrogens (primary N) is 1. The normalized spacial score (nSPS) is 10.3. The lowest BCUT2D eigenvalue weighted by Gasteiger charge is -2.23. The fourth-order valence-corrected chi connectivity index (χ4v) is 1.80. The Labute approximate surface area is 106 Å². The molecule has 2 rings (SSSR count). The first-order chi connectivity index (χ1) is 8.70. The molecule has 0 saturated heterocycles. The molecule has 0 amide bonds. The van der Waals surface area contributed by atoms with E-state index < -0.39 is 0 Å². The average Bonchev–Trinajstić information content (AvgIpc) is 2.39. The number of pyridine rings is 1. The first kappa shape index (κ1) is 12.4. The van der Waals surface area contributed by atoms with Gasteiger partial charge in [0.25, 0.3) is 0 Å². The number of rotatable bonds is 4. The summed E-state index contributed by atoms with van der Waals surface area (Å²) in [4.78, 5) is 6.17. The van der Waals surface area contributed by atoms with Crippen molar-refractivity contribution in [3.63, 3.8) is 0 Å². The van der Waals surface area contributed by atoms with Gasteiger partial charge in [-0.3, -0.25) is 4.98 Å². The minimum Gasteiger partial charge on any atom is -0.397 e. The standard InChI is InChI=1S/C14H16FN3/c1-2-18(14-6-4-3-5-13(14)15)10-12-8-7-11(16)9-17-12/h3-9H,2,10,16H2,1H3. The number of nitrogen functional groups attached to an aromatic ring is 1. The van der Waals surface area contributed by atoms with E-state index in [-0.39, 0.29) is 5.82 Å². The second-order valence-corrected chi connectivity index (χ2v) is 4.05. The van der Waals surface area contributed by atoms with Crippen LogP contribution in [0.25, 0.3) is 0 Å². The van der Waals surface area contributed by atoms with E-state index in [1.54, 1.807) is 24.4 Å². The summed E-state index contributed by atoms with van der Waals surface area (Å²) >= 11 is 0. The molecule has 0 saturated carbocycles. The zero-order valence-corrected chi connectivity index (χ0v) is 10.3. The quantitative estimate of drug-likeness (QED) is 0.900. The molecule has 1 aromatic carbocycles. The molecule has 0 unspecified atom stereocenters. The third-order valence-electron chi connectivity index (χ3n) is 2.78. The van der Waals surface area contributed by atoms with Crippen molar-refractivity contribution in [3.8, 4) is 0 Å². The molecule has 0 spiro atoms. The highest BCUT2D eigenvalue weighted by atomic mass is 19.1. The van der Waals surface area contributed by atoms with Crippen molar-refractivity contribution >= 4 is 11.4 Å². The highest BCUT2D eigenvalue weighted by Gasteiger charge is 2.10. The lowest BCUT2D eigenvalue weighted by atomic mass is 10.2.